The van der Waals surface area contributed by atoms with E-state index in [4.69, 9.17) is 16.5 Å². The highest BCUT2D eigenvalue weighted by molar-refractivity contribution is 6.95. The lowest BCUT2D eigenvalue weighted by Gasteiger charge is -2.38. The smallest absolute Gasteiger partial charge is 0.348 e. The van der Waals surface area contributed by atoms with E-state index in [0.717, 1.165) is 123 Å². The molecule has 8 nitrogen and oxygen atoms in total. The first-order chi connectivity index (χ1) is 47.7. The lowest BCUT2D eigenvalue weighted by Crippen LogP contribution is -2.60. The summed E-state index contributed by atoms with van der Waals surface area (Å²) in [6.45, 7) is 31.6. The van der Waals surface area contributed by atoms with E-state index in [0.29, 0.717) is 0 Å². The first-order valence-electron chi connectivity index (χ1n) is 34.8. The largest absolute Gasteiger partial charge is 0.433 e. The molecule has 12 aromatic carbocycles. The third-order valence-electron chi connectivity index (χ3n) is 17.1. The van der Waals surface area contributed by atoms with Crippen LogP contribution in [0, 0.1) is 0 Å². The Morgan fingerprint density at radius 3 is 0.820 bits per heavy atom. The summed E-state index contributed by atoms with van der Waals surface area (Å²) in [5.41, 5.74) is 21.4. The predicted molar refractivity (Wildman–Crippen MR) is 443 cm³/mol. The van der Waals surface area contributed by atoms with E-state index in [9.17, 15) is 0 Å². The molecule has 2 N–H and O–H groups in total. The summed E-state index contributed by atoms with van der Waals surface area (Å²) >= 11 is 0. The zero-order valence-corrected chi connectivity index (χ0v) is 66.4. The van der Waals surface area contributed by atoms with Crippen LogP contribution in [0.1, 0.15) is 0 Å². The maximum atomic E-state index is 7.11. The second-order valence-electron chi connectivity index (χ2n) is 29.9. The highest BCUT2D eigenvalue weighted by atomic mass is 28.5. The number of benzene rings is 12. The SMILES string of the molecule is C[Si](C)(C)O[Si](C)(O[Si](C)(C)C)c1cccc(Nc2cc(N(c3ccccc3)c3ccc(-c4ccc(N(c5ccccc5)c5ccc(-c6ccccc6-c6ccccc6)c(Nc6cccc([Si](C)(O[Si](C)(C)C)O[Si](C)(C)C)c6)c5)cc4)cc3)ccc2-c2ccccc2-c2ccccc2)c1. The van der Waals surface area contributed by atoms with Gasteiger partial charge in [0.15, 0.2) is 33.3 Å². The minimum atomic E-state index is -2.84. The molecule has 0 spiro atoms. The highest BCUT2D eigenvalue weighted by Gasteiger charge is 2.44. The van der Waals surface area contributed by atoms with Gasteiger partial charge in [0.05, 0.1) is 0 Å². The molecular weight excluding hydrogens is 1320 g/mol. The molecule has 0 bridgehead atoms. The summed E-state index contributed by atoms with van der Waals surface area (Å²) in [5, 5.41) is 10.2. The van der Waals surface area contributed by atoms with Gasteiger partial charge in [0.1, 0.15) is 0 Å². The maximum absolute atomic E-state index is 7.11. The Morgan fingerprint density at radius 1 is 0.220 bits per heavy atom. The summed E-state index contributed by atoms with van der Waals surface area (Å²) < 4.78 is 28.4. The van der Waals surface area contributed by atoms with Crippen molar-refractivity contribution < 1.29 is 16.5 Å². The standard InChI is InChI=1S/C86H94N4O4Si6/c1-95(2,3)91-99(13,92-96(4,5)6)77-43-31-37-69(61-77)87-85-63-75(57-59-83(85)81-47-29-27-45-79(81)67-33-19-15-20-34-67)89(71-39-23-17-24-40-71)73-53-49-65(50-54-73)66-51-55-74(56-52-66)90(72-41-25-18-26-42-72)76-58-60-84(82-48-30-28-46-80(82)68-35-21-16-22-36-68)86(64-76)88-70-38-32-44-78(62-70)100(14,93-97(7,8)9)94-98(10,11)12/h15-64,87-88H,1-14H3. The minimum Gasteiger partial charge on any atom is -0.433 e. The van der Waals surface area contributed by atoms with Crippen LogP contribution in [0.4, 0.5) is 56.9 Å². The molecule has 506 valence electrons. The van der Waals surface area contributed by atoms with Crippen molar-refractivity contribution in [1.29, 1.82) is 0 Å². The van der Waals surface area contributed by atoms with Gasteiger partial charge in [-0.05, 0) is 244 Å². The lowest BCUT2D eigenvalue weighted by atomic mass is 9.93. The maximum Gasteiger partial charge on any atom is 0.348 e. The van der Waals surface area contributed by atoms with Crippen molar-refractivity contribution in [2.24, 2.45) is 0 Å². The Bertz CT molecular complexity index is 4420. The third kappa shape index (κ3) is 17.4. The lowest BCUT2D eigenvalue weighted by molar-refractivity contribution is 0.403. The second kappa shape index (κ2) is 29.7. The number of hydrogen-bond acceptors (Lipinski definition) is 8. The molecular formula is C86H94N4O4Si6. The number of hydrogen-bond donors (Lipinski definition) is 2. The predicted octanol–water partition coefficient (Wildman–Crippen LogP) is 24.4. The molecule has 100 heavy (non-hydrogen) atoms. The molecule has 0 aliphatic rings. The van der Waals surface area contributed by atoms with Crippen LogP contribution in [0.2, 0.25) is 91.7 Å². The van der Waals surface area contributed by atoms with E-state index in [1.54, 1.807) is 0 Å². The summed E-state index contributed by atoms with van der Waals surface area (Å²) in [4.78, 5) is 4.70. The molecule has 0 amide bonds. The number of para-hydroxylation sites is 2. The first-order valence-corrected chi connectivity index (χ1v) is 53.0. The first kappa shape index (κ1) is 70.8. The van der Waals surface area contributed by atoms with Gasteiger partial charge >= 0.3 is 17.1 Å². The Labute approximate surface area is 601 Å². The fraction of sp³-hybridized carbons (Fsp3) is 0.163. The van der Waals surface area contributed by atoms with Crippen molar-refractivity contribution in [2.45, 2.75) is 91.7 Å². The molecule has 0 fully saturated rings. The van der Waals surface area contributed by atoms with Crippen molar-refractivity contribution in [3.05, 3.63) is 303 Å². The molecule has 0 heterocycles. The highest BCUT2D eigenvalue weighted by Crippen LogP contribution is 2.46. The van der Waals surface area contributed by atoms with Crippen molar-refractivity contribution in [3.63, 3.8) is 0 Å². The number of nitrogens with one attached hydrogen (secondary N) is 2. The Balaban J connectivity index is 0.912. The Morgan fingerprint density at radius 2 is 0.500 bits per heavy atom. The van der Waals surface area contributed by atoms with Gasteiger partial charge in [-0.15, -0.1) is 0 Å². The van der Waals surface area contributed by atoms with Crippen molar-refractivity contribution in [1.82, 2.24) is 0 Å². The molecule has 12 rings (SSSR count). The van der Waals surface area contributed by atoms with E-state index in [1.807, 2.05) is 0 Å². The molecule has 0 aliphatic carbocycles. The molecule has 0 atom stereocenters. The number of rotatable bonds is 25. The number of anilines is 10. The van der Waals surface area contributed by atoms with Crippen LogP contribution in [-0.2, 0) is 16.5 Å². The monoisotopic (exact) mass is 1410 g/mol. The summed E-state index contributed by atoms with van der Waals surface area (Å²) in [6, 6.07) is 109. The summed E-state index contributed by atoms with van der Waals surface area (Å²) in [5.74, 6) is 0. The van der Waals surface area contributed by atoms with Crippen LogP contribution in [-0.4, -0.2) is 50.4 Å². The molecule has 0 aromatic heterocycles. The van der Waals surface area contributed by atoms with Crippen LogP contribution in [0.3, 0.4) is 0 Å². The topological polar surface area (TPSA) is 67.5 Å². The van der Waals surface area contributed by atoms with Gasteiger partial charge in [-0.25, -0.2) is 0 Å². The molecule has 0 unspecified atom stereocenters. The van der Waals surface area contributed by atoms with Gasteiger partial charge in [0, 0.05) is 68.0 Å². The van der Waals surface area contributed by atoms with Gasteiger partial charge in [-0.1, -0.05) is 206 Å². The van der Waals surface area contributed by atoms with Crippen LogP contribution < -0.4 is 30.8 Å². The molecule has 12 aromatic rings. The van der Waals surface area contributed by atoms with E-state index in [-0.39, 0.29) is 0 Å². The van der Waals surface area contributed by atoms with Gasteiger partial charge < -0.3 is 36.9 Å². The van der Waals surface area contributed by atoms with Crippen LogP contribution >= 0.6 is 0 Å². The van der Waals surface area contributed by atoms with Crippen LogP contribution in [0.15, 0.2) is 303 Å². The van der Waals surface area contributed by atoms with E-state index >= 15 is 0 Å². The van der Waals surface area contributed by atoms with E-state index < -0.39 is 50.4 Å². The summed E-state index contributed by atoms with van der Waals surface area (Å²) in [7, 11) is -13.7. The second-order valence-corrected chi connectivity index (χ2v) is 55.0. The van der Waals surface area contributed by atoms with E-state index in [2.05, 4.69) is 415 Å². The fourth-order valence-electron chi connectivity index (χ4n) is 13.5. The van der Waals surface area contributed by atoms with Crippen molar-refractivity contribution in [3.8, 4) is 55.6 Å². The Hall–Kier alpha value is -9.02. The van der Waals surface area contributed by atoms with Crippen LogP contribution in [0.5, 0.6) is 0 Å². The van der Waals surface area contributed by atoms with Gasteiger partial charge in [0.2, 0.25) is 0 Å². The van der Waals surface area contributed by atoms with Gasteiger partial charge in [0.25, 0.3) is 0 Å². The molecule has 0 saturated heterocycles. The van der Waals surface area contributed by atoms with Crippen LogP contribution in [0.25, 0.3) is 55.6 Å². The van der Waals surface area contributed by atoms with E-state index in [1.165, 1.54) is 0 Å². The average molecular weight is 1420 g/mol. The fourth-order valence-corrected chi connectivity index (χ4v) is 36.8. The third-order valence-corrected chi connectivity index (χ3v) is 35.8. The quantitative estimate of drug-likeness (QED) is 0.0549. The molecule has 14 heteroatoms. The van der Waals surface area contributed by atoms with Crippen molar-refractivity contribution >= 4 is 118 Å². The average Bonchev–Trinajstić information content (AvgIpc) is 0.786. The van der Waals surface area contributed by atoms with Crippen molar-refractivity contribution in [2.75, 3.05) is 20.4 Å². The molecule has 0 aliphatic heterocycles. The van der Waals surface area contributed by atoms with Gasteiger partial charge in [-0.3, -0.25) is 0 Å². The molecule has 0 saturated carbocycles. The molecule has 0 radical (unpaired) electrons. The zero-order chi connectivity index (χ0) is 70.5. The zero-order valence-electron chi connectivity index (χ0n) is 60.4. The number of nitrogens with zero attached hydrogens (tertiary/aromatic N) is 2. The Kier molecular flexibility index (Phi) is 21.0. The summed E-state index contributed by atoms with van der Waals surface area (Å²) in [6.07, 6.45) is 0. The normalized spacial score (nSPS) is 12.3. The van der Waals surface area contributed by atoms with Gasteiger partial charge in [-0.2, -0.15) is 0 Å². The minimum absolute atomic E-state index is 0.970.